The third-order valence-corrected chi connectivity index (χ3v) is 4.06. The van der Waals surface area contributed by atoms with E-state index in [0.717, 1.165) is 0 Å². The van der Waals surface area contributed by atoms with Gasteiger partial charge in [-0.1, -0.05) is 158 Å². The molecule has 0 spiro atoms. The van der Waals surface area contributed by atoms with Crippen molar-refractivity contribution in [1.29, 1.82) is 0 Å². The molecule has 0 aromatic rings. The monoisotopic (exact) mass is 421 g/mol. The van der Waals surface area contributed by atoms with Crippen LogP contribution >= 0.6 is 0 Å². The van der Waals surface area contributed by atoms with Crippen LogP contribution in [-0.2, 0) is 0 Å². The summed E-state index contributed by atoms with van der Waals surface area (Å²) in [5.41, 5.74) is 1.65. The van der Waals surface area contributed by atoms with Crippen LogP contribution in [0.25, 0.3) is 0 Å². The summed E-state index contributed by atoms with van der Waals surface area (Å²) < 4.78 is 0. The Morgan fingerprint density at radius 1 is 0.345 bits per heavy atom. The lowest BCUT2D eigenvalue weighted by Crippen LogP contribution is -2.03. The normalized spacial score (nSPS) is 10.3. The Kier molecular flexibility index (Phi) is 42.2. The molecule has 0 unspecified atom stereocenters. The van der Waals surface area contributed by atoms with Crippen LogP contribution < -0.4 is 0 Å². The van der Waals surface area contributed by atoms with Gasteiger partial charge in [-0.3, -0.25) is 0 Å². The largest absolute Gasteiger partial charge is 0.0776 e. The van der Waals surface area contributed by atoms with Crippen LogP contribution in [-0.4, -0.2) is 0 Å². The lowest BCUT2D eigenvalue weighted by molar-refractivity contribution is 0.359. The molecular formula is C29H72. The van der Waals surface area contributed by atoms with Crippen LogP contribution in [0.1, 0.15) is 177 Å². The van der Waals surface area contributed by atoms with Crippen molar-refractivity contribution in [3.05, 3.63) is 0 Å². The fourth-order valence-electron chi connectivity index (χ4n) is 2.56. The Hall–Kier alpha value is 0. The molecule has 0 saturated carbocycles. The number of rotatable bonds is 7. The molecule has 0 bridgehead atoms. The van der Waals surface area contributed by atoms with E-state index in [1.54, 1.807) is 0 Å². The second-order valence-electron chi connectivity index (χ2n) is 11.3. The highest BCUT2D eigenvalue weighted by atomic mass is 14.1. The van der Waals surface area contributed by atoms with Crippen molar-refractivity contribution in [2.24, 2.45) is 16.2 Å². The summed E-state index contributed by atoms with van der Waals surface area (Å²) in [6.07, 6.45) is 13.7. The van der Waals surface area contributed by atoms with Crippen molar-refractivity contribution < 1.29 is 0 Å². The minimum absolute atomic E-state index is 0. The molecule has 0 heteroatoms. The molecule has 0 aliphatic rings. The molecule has 0 aliphatic carbocycles. The highest BCUT2D eigenvalue weighted by molar-refractivity contribution is 4.61. The first-order valence-corrected chi connectivity index (χ1v) is 11.2. The van der Waals surface area contributed by atoms with E-state index < -0.39 is 0 Å². The van der Waals surface area contributed by atoms with Crippen LogP contribution in [0, 0.1) is 16.2 Å². The Labute approximate surface area is 193 Å². The third-order valence-electron chi connectivity index (χ3n) is 4.06. The first kappa shape index (κ1) is 47.0. The van der Waals surface area contributed by atoms with Gasteiger partial charge in [-0.25, -0.2) is 0 Å². The average Bonchev–Trinajstić information content (AvgIpc) is 2.36. The van der Waals surface area contributed by atoms with Gasteiger partial charge in [0.05, 0.1) is 0 Å². The Bertz CT molecular complexity index is 221. The van der Waals surface area contributed by atoms with Gasteiger partial charge in [0.15, 0.2) is 0 Å². The summed E-state index contributed by atoms with van der Waals surface area (Å²) in [6.45, 7) is 27.4. The zero-order chi connectivity index (χ0) is 20.6. The van der Waals surface area contributed by atoms with Gasteiger partial charge in [0.2, 0.25) is 0 Å². The van der Waals surface area contributed by atoms with Crippen molar-refractivity contribution in [3.8, 4) is 0 Å². The molecule has 0 saturated heterocycles. The van der Waals surface area contributed by atoms with E-state index in [1.165, 1.54) is 64.2 Å². The second-order valence-corrected chi connectivity index (χ2v) is 11.3. The minimum Gasteiger partial charge on any atom is -0.0776 e. The molecule has 0 nitrogen and oxygen atoms in total. The van der Waals surface area contributed by atoms with E-state index in [2.05, 4.69) is 83.1 Å². The topological polar surface area (TPSA) is 0 Å². The molecule has 0 amide bonds. The molecule has 0 atom stereocenters. The molecule has 29 heavy (non-hydrogen) atoms. The molecule has 0 N–H and O–H groups in total. The SMILES string of the molecule is C.C.C.C.CCCC(C)(C)C.CCCCCC(C)(C)C.CCCCCC(C)(C)C. The molecule has 0 radical (unpaired) electrons. The van der Waals surface area contributed by atoms with Crippen LogP contribution in [0.2, 0.25) is 0 Å². The average molecular weight is 421 g/mol. The number of unbranched alkanes of at least 4 members (excludes halogenated alkanes) is 4. The fraction of sp³-hybridized carbons (Fsp3) is 1.00. The van der Waals surface area contributed by atoms with E-state index in [1.807, 2.05) is 0 Å². The highest BCUT2D eigenvalue weighted by Crippen LogP contribution is 2.22. The zero-order valence-electron chi connectivity index (χ0n) is 20.6. The van der Waals surface area contributed by atoms with Gasteiger partial charge in [0.25, 0.3) is 0 Å². The van der Waals surface area contributed by atoms with Gasteiger partial charge in [0.1, 0.15) is 0 Å². The number of hydrogen-bond acceptors (Lipinski definition) is 0. The van der Waals surface area contributed by atoms with Crippen molar-refractivity contribution in [2.45, 2.75) is 177 Å². The summed E-state index contributed by atoms with van der Waals surface area (Å²) >= 11 is 0. The summed E-state index contributed by atoms with van der Waals surface area (Å²) in [7, 11) is 0. The van der Waals surface area contributed by atoms with Gasteiger partial charge in [-0.15, -0.1) is 0 Å². The molecule has 0 aromatic heterocycles. The van der Waals surface area contributed by atoms with E-state index >= 15 is 0 Å². The fourth-order valence-corrected chi connectivity index (χ4v) is 2.56. The predicted molar refractivity (Wildman–Crippen MR) is 148 cm³/mol. The van der Waals surface area contributed by atoms with Crippen LogP contribution in [0.3, 0.4) is 0 Å². The molecule has 188 valence electrons. The first-order chi connectivity index (χ1) is 11.2. The van der Waals surface area contributed by atoms with Gasteiger partial charge in [0, 0.05) is 0 Å². The lowest BCUT2D eigenvalue weighted by Gasteiger charge is -2.16. The molecule has 0 aromatic carbocycles. The Morgan fingerprint density at radius 2 is 0.586 bits per heavy atom. The summed E-state index contributed by atoms with van der Waals surface area (Å²) in [4.78, 5) is 0. The Balaban J connectivity index is -0.0000000472. The van der Waals surface area contributed by atoms with Gasteiger partial charge >= 0.3 is 0 Å². The van der Waals surface area contributed by atoms with Gasteiger partial charge in [-0.2, -0.15) is 0 Å². The number of hydrogen-bond donors (Lipinski definition) is 0. The van der Waals surface area contributed by atoms with Crippen LogP contribution in [0.4, 0.5) is 0 Å². The molecule has 0 rings (SSSR count). The van der Waals surface area contributed by atoms with Crippen molar-refractivity contribution in [1.82, 2.24) is 0 Å². The van der Waals surface area contributed by atoms with Gasteiger partial charge < -0.3 is 0 Å². The smallest absolute Gasteiger partial charge is 0.0383 e. The van der Waals surface area contributed by atoms with E-state index in [-0.39, 0.29) is 29.7 Å². The van der Waals surface area contributed by atoms with E-state index in [4.69, 9.17) is 0 Å². The maximum Gasteiger partial charge on any atom is -0.0383 e. The Morgan fingerprint density at radius 3 is 0.690 bits per heavy atom. The van der Waals surface area contributed by atoms with Crippen molar-refractivity contribution >= 4 is 0 Å². The third kappa shape index (κ3) is 73.9. The molecule has 0 fully saturated rings. The molecule has 0 heterocycles. The molecular weight excluding hydrogens is 348 g/mol. The van der Waals surface area contributed by atoms with Gasteiger partial charge in [-0.05, 0) is 35.5 Å². The van der Waals surface area contributed by atoms with Crippen molar-refractivity contribution in [2.75, 3.05) is 0 Å². The predicted octanol–water partition coefficient (Wildman–Crippen LogP) is 12.6. The summed E-state index contributed by atoms with van der Waals surface area (Å²) in [6, 6.07) is 0. The first-order valence-electron chi connectivity index (χ1n) is 11.2. The zero-order valence-corrected chi connectivity index (χ0v) is 20.6. The second kappa shape index (κ2) is 26.0. The quantitative estimate of drug-likeness (QED) is 0.359. The molecule has 0 aliphatic heterocycles. The highest BCUT2D eigenvalue weighted by Gasteiger charge is 2.08. The maximum absolute atomic E-state index is 2.31. The van der Waals surface area contributed by atoms with E-state index in [0.29, 0.717) is 16.2 Å². The minimum atomic E-state index is 0. The van der Waals surface area contributed by atoms with Crippen LogP contribution in [0.5, 0.6) is 0 Å². The summed E-state index contributed by atoms with van der Waals surface area (Å²) in [5, 5.41) is 0. The van der Waals surface area contributed by atoms with Crippen molar-refractivity contribution in [3.63, 3.8) is 0 Å². The van der Waals surface area contributed by atoms with Crippen LogP contribution in [0.15, 0.2) is 0 Å². The van der Waals surface area contributed by atoms with E-state index in [9.17, 15) is 0 Å². The summed E-state index contributed by atoms with van der Waals surface area (Å²) in [5.74, 6) is 0. The lowest BCUT2D eigenvalue weighted by atomic mass is 9.90. The standard InChI is InChI=1S/2C9H20.C7H16.4CH4/c2*1-5-6-7-8-9(2,3)4;1-5-6-7(2,3)4;;;;/h2*5-8H2,1-4H3;5-6H2,1-4H3;4*1H4. The maximum atomic E-state index is 2.31.